The van der Waals surface area contributed by atoms with Crippen LogP contribution in [0, 0.1) is 13.8 Å². The minimum atomic E-state index is -3.69. The van der Waals surface area contributed by atoms with Crippen molar-refractivity contribution in [3.8, 4) is 0 Å². The van der Waals surface area contributed by atoms with Crippen LogP contribution in [0.1, 0.15) is 29.9 Å². The Hall–Kier alpha value is -2.10. The van der Waals surface area contributed by atoms with Crippen LogP contribution >= 0.6 is 11.6 Å². The summed E-state index contributed by atoms with van der Waals surface area (Å²) >= 11 is 6.05. The number of hydrogen-bond donors (Lipinski definition) is 0. The third-order valence-corrected chi connectivity index (χ3v) is 7.58. The predicted molar refractivity (Wildman–Crippen MR) is 102 cm³/mol. The summed E-state index contributed by atoms with van der Waals surface area (Å²) in [4.78, 5) is 14.2. The highest BCUT2D eigenvalue weighted by molar-refractivity contribution is 7.89. The second-order valence-electron chi connectivity index (χ2n) is 6.99. The number of carbonyl (C=O) groups excluding carboxylic acids is 1. The Kier molecular flexibility index (Phi) is 4.84. The molecule has 4 rings (SSSR count). The molecule has 0 unspecified atom stereocenters. The molecule has 2 aliphatic rings. The summed E-state index contributed by atoms with van der Waals surface area (Å²) in [6.45, 7) is 3.98. The number of piperidine rings is 1. The highest BCUT2D eigenvalue weighted by atomic mass is 35.5. The van der Waals surface area contributed by atoms with E-state index in [1.807, 2.05) is 6.07 Å². The van der Waals surface area contributed by atoms with Gasteiger partial charge in [0.1, 0.15) is 17.2 Å². The van der Waals surface area contributed by atoms with E-state index in [4.69, 9.17) is 20.9 Å². The average molecular weight is 426 g/mol. The van der Waals surface area contributed by atoms with Crippen molar-refractivity contribution in [2.24, 2.45) is 0 Å². The maximum absolute atomic E-state index is 13.0. The summed E-state index contributed by atoms with van der Waals surface area (Å²) in [5, 5.41) is 4.33. The maximum Gasteiger partial charge on any atom is 0.414 e. The topological polar surface area (TPSA) is 93.0 Å². The molecule has 3 heterocycles. The maximum atomic E-state index is 13.0. The molecule has 28 heavy (non-hydrogen) atoms. The first-order valence-electron chi connectivity index (χ1n) is 8.96. The molecule has 150 valence electrons. The summed E-state index contributed by atoms with van der Waals surface area (Å²) in [6.07, 6.45) is 0.585. The van der Waals surface area contributed by atoms with E-state index in [1.165, 1.54) is 4.31 Å². The van der Waals surface area contributed by atoms with Crippen molar-refractivity contribution in [1.82, 2.24) is 9.46 Å². The zero-order valence-corrected chi connectivity index (χ0v) is 17.1. The van der Waals surface area contributed by atoms with Crippen LogP contribution in [0.4, 0.5) is 10.5 Å². The highest BCUT2D eigenvalue weighted by Gasteiger charge is 2.38. The molecule has 1 aromatic carbocycles. The molecule has 10 heteroatoms. The molecule has 1 amide bonds. The normalized spacial score (nSPS) is 18.8. The third-order valence-electron chi connectivity index (χ3n) is 5.20. The summed E-state index contributed by atoms with van der Waals surface area (Å²) in [6, 6.07) is 5.19. The Labute approximate surface area is 168 Å². The van der Waals surface area contributed by atoms with E-state index in [0.717, 1.165) is 11.3 Å². The van der Waals surface area contributed by atoms with Crippen molar-refractivity contribution in [1.29, 1.82) is 0 Å². The third kappa shape index (κ3) is 3.17. The van der Waals surface area contributed by atoms with Gasteiger partial charge in [0.05, 0.1) is 5.69 Å². The zero-order valence-electron chi connectivity index (χ0n) is 15.5. The molecule has 0 aliphatic carbocycles. The van der Waals surface area contributed by atoms with E-state index in [9.17, 15) is 13.2 Å². The van der Waals surface area contributed by atoms with Gasteiger partial charge < -0.3 is 9.26 Å². The monoisotopic (exact) mass is 425 g/mol. The lowest BCUT2D eigenvalue weighted by molar-refractivity contribution is 0.136. The van der Waals surface area contributed by atoms with Gasteiger partial charge in [-0.25, -0.2) is 13.2 Å². The molecule has 0 saturated carbocycles. The van der Waals surface area contributed by atoms with Gasteiger partial charge in [0.15, 0.2) is 5.76 Å². The lowest BCUT2D eigenvalue weighted by atomic mass is 10.0. The van der Waals surface area contributed by atoms with Gasteiger partial charge in [-0.15, -0.1) is 0 Å². The van der Waals surface area contributed by atoms with Crippen molar-refractivity contribution < 1.29 is 22.5 Å². The Morgan fingerprint density at radius 1 is 1.21 bits per heavy atom. The number of cyclic esters (lactones) is 1. The van der Waals surface area contributed by atoms with Gasteiger partial charge in [-0.2, -0.15) is 4.31 Å². The van der Waals surface area contributed by atoms with Gasteiger partial charge in [-0.05, 0) is 44.9 Å². The summed E-state index contributed by atoms with van der Waals surface area (Å²) in [5.74, 6) is 0.282. The van der Waals surface area contributed by atoms with Crippen LogP contribution in [-0.4, -0.2) is 43.1 Å². The van der Waals surface area contributed by atoms with Gasteiger partial charge in [0.2, 0.25) is 10.0 Å². The quantitative estimate of drug-likeness (QED) is 0.749. The minimum Gasteiger partial charge on any atom is -0.444 e. The first-order chi connectivity index (χ1) is 13.3. The minimum absolute atomic E-state index is 0.128. The number of ether oxygens (including phenoxy) is 1. The number of fused-ring (bicyclic) bond motifs is 1. The fraction of sp³-hybridized carbons (Fsp3) is 0.444. The molecule has 0 atom stereocenters. The number of aromatic nitrogens is 1. The molecule has 0 spiro atoms. The molecule has 1 fully saturated rings. The number of hydrogen-bond acceptors (Lipinski definition) is 6. The predicted octanol–water partition coefficient (Wildman–Crippen LogP) is 3.25. The van der Waals surface area contributed by atoms with Crippen molar-refractivity contribution in [2.45, 2.75) is 44.2 Å². The van der Waals surface area contributed by atoms with Gasteiger partial charge in [-0.3, -0.25) is 4.90 Å². The zero-order chi connectivity index (χ0) is 20.1. The molecule has 1 aromatic heterocycles. The molecular formula is C18H20ClN3O5S. The van der Waals surface area contributed by atoms with Crippen molar-refractivity contribution in [3.05, 3.63) is 40.2 Å². The van der Waals surface area contributed by atoms with E-state index in [1.54, 1.807) is 30.9 Å². The lowest BCUT2D eigenvalue weighted by Gasteiger charge is -2.39. The fourth-order valence-electron chi connectivity index (χ4n) is 3.87. The smallest absolute Gasteiger partial charge is 0.414 e. The molecular weight excluding hydrogens is 406 g/mol. The Morgan fingerprint density at radius 3 is 2.57 bits per heavy atom. The van der Waals surface area contributed by atoms with Crippen LogP contribution in [0.15, 0.2) is 27.6 Å². The molecule has 2 aromatic rings. The number of anilines is 1. The fourth-order valence-corrected chi connectivity index (χ4v) is 5.83. The Balaban J connectivity index is 1.54. The van der Waals surface area contributed by atoms with Crippen LogP contribution in [0.2, 0.25) is 5.02 Å². The SMILES string of the molecule is Cc1noc(C)c1S(=O)(=O)N1CCC(N2C(=O)OCc3cc(Cl)ccc32)CC1. The summed E-state index contributed by atoms with van der Waals surface area (Å²) < 4.78 is 37.7. The largest absolute Gasteiger partial charge is 0.444 e. The van der Waals surface area contributed by atoms with E-state index in [-0.39, 0.29) is 23.3 Å². The molecule has 0 radical (unpaired) electrons. The van der Waals surface area contributed by atoms with Gasteiger partial charge >= 0.3 is 6.09 Å². The molecule has 8 nitrogen and oxygen atoms in total. The Morgan fingerprint density at radius 2 is 1.93 bits per heavy atom. The van der Waals surface area contributed by atoms with E-state index in [0.29, 0.717) is 36.6 Å². The first kappa shape index (κ1) is 19.2. The number of aryl methyl sites for hydroxylation is 2. The standard InChI is InChI=1S/C18H20ClN3O5S/c1-11-17(12(2)27-20-11)28(24,25)21-7-5-15(6-8-21)22-16-4-3-14(19)9-13(16)10-26-18(22)23/h3-4,9,15H,5-8,10H2,1-2H3. The van der Waals surface area contributed by atoms with E-state index in [2.05, 4.69) is 5.16 Å². The van der Waals surface area contributed by atoms with Crippen LogP contribution in [0.3, 0.4) is 0 Å². The number of sulfonamides is 1. The van der Waals surface area contributed by atoms with Crippen molar-refractivity contribution in [2.75, 3.05) is 18.0 Å². The number of carbonyl (C=O) groups is 1. The average Bonchev–Trinajstić information content (AvgIpc) is 3.01. The highest BCUT2D eigenvalue weighted by Crippen LogP contribution is 2.34. The number of halogens is 1. The van der Waals surface area contributed by atoms with Crippen molar-refractivity contribution >= 4 is 33.4 Å². The van der Waals surface area contributed by atoms with Crippen LogP contribution in [0.5, 0.6) is 0 Å². The number of nitrogens with zero attached hydrogens (tertiary/aromatic N) is 3. The van der Waals surface area contributed by atoms with Crippen LogP contribution in [-0.2, 0) is 21.4 Å². The van der Waals surface area contributed by atoms with Gasteiger partial charge in [-0.1, -0.05) is 16.8 Å². The first-order valence-corrected chi connectivity index (χ1v) is 10.8. The number of amides is 1. The molecule has 1 saturated heterocycles. The molecule has 2 aliphatic heterocycles. The van der Waals surface area contributed by atoms with Crippen LogP contribution in [0.25, 0.3) is 0 Å². The van der Waals surface area contributed by atoms with Crippen LogP contribution < -0.4 is 4.90 Å². The van der Waals surface area contributed by atoms with E-state index >= 15 is 0 Å². The van der Waals surface area contributed by atoms with Gasteiger partial charge in [0, 0.05) is 29.7 Å². The number of rotatable bonds is 3. The van der Waals surface area contributed by atoms with E-state index < -0.39 is 16.1 Å². The molecule has 0 bridgehead atoms. The number of benzene rings is 1. The van der Waals surface area contributed by atoms with Gasteiger partial charge in [0.25, 0.3) is 0 Å². The molecule has 0 N–H and O–H groups in total. The second kappa shape index (κ2) is 7.06. The summed E-state index contributed by atoms with van der Waals surface area (Å²) in [5.41, 5.74) is 1.97. The van der Waals surface area contributed by atoms with Crippen molar-refractivity contribution in [3.63, 3.8) is 0 Å². The second-order valence-corrected chi connectivity index (χ2v) is 9.30. The lowest BCUT2D eigenvalue weighted by Crippen LogP contribution is -2.50. The Bertz CT molecular complexity index is 1010. The summed E-state index contributed by atoms with van der Waals surface area (Å²) in [7, 11) is -3.69.